The second-order valence-corrected chi connectivity index (χ2v) is 3.19. The minimum Gasteiger partial charge on any atom is -0.487 e. The Kier molecular flexibility index (Phi) is 8.02. The van der Waals surface area contributed by atoms with Gasteiger partial charge in [0.25, 0.3) is 0 Å². The van der Waals surface area contributed by atoms with Crippen LogP contribution in [0, 0.1) is 5.82 Å². The molecule has 0 saturated carbocycles. The van der Waals surface area contributed by atoms with E-state index in [1.54, 1.807) is 0 Å². The zero-order chi connectivity index (χ0) is 12.2. The molecule has 1 aromatic rings. The standard InChI is InChI=1S/C9H7BClF4O.K/c11-4-1-5-16-9-6-7(10(13,14)15)2-3-8(9)12;/h1-4,6H,5H2;/q-1;+1/b4-1+;. The quantitative estimate of drug-likeness (QED) is 0.561. The predicted octanol–water partition coefficient (Wildman–Crippen LogP) is 0.0154. The zero-order valence-electron chi connectivity index (χ0n) is 8.97. The molecule has 0 heterocycles. The Labute approximate surface area is 144 Å². The molecule has 0 bridgehead atoms. The Balaban J connectivity index is 0.00000256. The maximum atomic E-state index is 13.0. The van der Waals surface area contributed by atoms with E-state index in [2.05, 4.69) is 0 Å². The molecule has 17 heavy (non-hydrogen) atoms. The van der Waals surface area contributed by atoms with Crippen LogP contribution in [0.1, 0.15) is 0 Å². The number of benzene rings is 1. The van der Waals surface area contributed by atoms with Crippen LogP contribution in [0.25, 0.3) is 0 Å². The summed E-state index contributed by atoms with van der Waals surface area (Å²) in [7, 11) is 0. The molecule has 0 atom stereocenters. The van der Waals surface area contributed by atoms with E-state index in [4.69, 9.17) is 16.3 Å². The summed E-state index contributed by atoms with van der Waals surface area (Å²) in [5, 5.41) is 0. The van der Waals surface area contributed by atoms with Crippen molar-refractivity contribution in [3.8, 4) is 5.75 Å². The van der Waals surface area contributed by atoms with Gasteiger partial charge in [-0.2, -0.15) is 0 Å². The van der Waals surface area contributed by atoms with Gasteiger partial charge in [-0.1, -0.05) is 17.7 Å². The summed E-state index contributed by atoms with van der Waals surface area (Å²) in [4.78, 5) is 0. The second kappa shape index (κ2) is 7.81. The van der Waals surface area contributed by atoms with Gasteiger partial charge in [0.15, 0.2) is 11.6 Å². The molecule has 0 aliphatic rings. The fourth-order valence-electron chi connectivity index (χ4n) is 1.01. The maximum Gasteiger partial charge on any atom is 1.00 e. The molecule has 1 aromatic carbocycles. The normalized spacial score (nSPS) is 11.4. The number of halogens is 5. The monoisotopic (exact) mass is 292 g/mol. The summed E-state index contributed by atoms with van der Waals surface area (Å²) in [6.07, 6.45) is 1.34. The maximum absolute atomic E-state index is 13.0. The van der Waals surface area contributed by atoms with Crippen LogP contribution in [0.4, 0.5) is 17.3 Å². The molecule has 88 valence electrons. The zero-order valence-corrected chi connectivity index (χ0v) is 12.8. The smallest absolute Gasteiger partial charge is 0.487 e. The van der Waals surface area contributed by atoms with Crippen LogP contribution in [-0.2, 0) is 0 Å². The van der Waals surface area contributed by atoms with Crippen molar-refractivity contribution >= 4 is 24.0 Å². The van der Waals surface area contributed by atoms with Crippen LogP contribution >= 0.6 is 11.6 Å². The molecule has 0 N–H and O–H groups in total. The van der Waals surface area contributed by atoms with Gasteiger partial charge in [0, 0.05) is 5.54 Å². The predicted molar refractivity (Wildman–Crippen MR) is 55.6 cm³/mol. The van der Waals surface area contributed by atoms with Gasteiger partial charge >= 0.3 is 58.4 Å². The fraction of sp³-hybridized carbons (Fsp3) is 0.111. The van der Waals surface area contributed by atoms with Crippen molar-refractivity contribution in [2.24, 2.45) is 0 Å². The first-order valence-electron chi connectivity index (χ1n) is 4.32. The molecule has 0 fully saturated rings. The topological polar surface area (TPSA) is 9.23 Å². The van der Waals surface area contributed by atoms with Gasteiger partial charge in [0.2, 0.25) is 0 Å². The minimum atomic E-state index is -5.15. The van der Waals surface area contributed by atoms with Gasteiger partial charge in [0.1, 0.15) is 6.61 Å². The third kappa shape index (κ3) is 5.76. The Morgan fingerprint density at radius 2 is 1.94 bits per heavy atom. The largest absolute Gasteiger partial charge is 1.00 e. The van der Waals surface area contributed by atoms with Crippen molar-refractivity contribution in [3.05, 3.63) is 35.6 Å². The molecule has 8 heteroatoms. The summed E-state index contributed by atoms with van der Waals surface area (Å²) in [6.45, 7) is -5.24. The molecule has 0 aliphatic carbocycles. The third-order valence-electron chi connectivity index (χ3n) is 1.76. The average molecular weight is 293 g/mol. The molecular weight excluding hydrogens is 285 g/mol. The van der Waals surface area contributed by atoms with Gasteiger partial charge in [0.05, 0.1) is 0 Å². The molecular formula is C9H7BClF4KO. The van der Waals surface area contributed by atoms with Crippen LogP contribution in [0.2, 0.25) is 0 Å². The van der Waals surface area contributed by atoms with Crippen molar-refractivity contribution < 1.29 is 73.5 Å². The Morgan fingerprint density at radius 3 is 2.47 bits per heavy atom. The van der Waals surface area contributed by atoms with Crippen molar-refractivity contribution in [1.29, 1.82) is 0 Å². The molecule has 0 radical (unpaired) electrons. The molecule has 0 aromatic heterocycles. The van der Waals surface area contributed by atoms with E-state index in [0.717, 1.165) is 11.6 Å². The summed E-state index contributed by atoms with van der Waals surface area (Å²) in [5.74, 6) is -1.28. The van der Waals surface area contributed by atoms with E-state index in [-0.39, 0.29) is 58.0 Å². The molecule has 0 unspecified atom stereocenters. The molecule has 1 rings (SSSR count). The second-order valence-electron chi connectivity index (χ2n) is 2.94. The van der Waals surface area contributed by atoms with Gasteiger partial charge in [-0.05, 0) is 18.2 Å². The van der Waals surface area contributed by atoms with Crippen LogP contribution < -0.4 is 61.6 Å². The molecule has 0 spiro atoms. The number of rotatable bonds is 4. The average Bonchev–Trinajstić information content (AvgIpc) is 2.19. The first-order valence-corrected chi connectivity index (χ1v) is 4.76. The van der Waals surface area contributed by atoms with Gasteiger partial charge in [-0.15, -0.1) is 5.46 Å². The van der Waals surface area contributed by atoms with E-state index in [1.165, 1.54) is 6.08 Å². The van der Waals surface area contributed by atoms with E-state index in [0.29, 0.717) is 12.1 Å². The first-order chi connectivity index (χ1) is 7.45. The van der Waals surface area contributed by atoms with Crippen molar-refractivity contribution in [2.45, 2.75) is 0 Å². The Bertz CT molecular complexity index is 397. The van der Waals surface area contributed by atoms with E-state index in [1.807, 2.05) is 0 Å². The Morgan fingerprint density at radius 1 is 1.29 bits per heavy atom. The number of ether oxygens (including phenoxy) is 1. The van der Waals surface area contributed by atoms with Crippen LogP contribution in [-0.4, -0.2) is 13.6 Å². The molecule has 1 nitrogen and oxygen atoms in total. The summed E-state index contributed by atoms with van der Waals surface area (Å²) >= 11 is 5.18. The van der Waals surface area contributed by atoms with E-state index >= 15 is 0 Å². The molecule has 0 amide bonds. The fourth-order valence-corrected chi connectivity index (χ4v) is 1.08. The van der Waals surface area contributed by atoms with Gasteiger partial charge < -0.3 is 17.7 Å². The number of hydrogen-bond donors (Lipinski definition) is 0. The van der Waals surface area contributed by atoms with Crippen LogP contribution in [0.15, 0.2) is 29.8 Å². The van der Waals surface area contributed by atoms with Crippen molar-refractivity contribution in [2.75, 3.05) is 6.61 Å². The van der Waals surface area contributed by atoms with Gasteiger partial charge in [-0.25, -0.2) is 4.39 Å². The van der Waals surface area contributed by atoms with Crippen molar-refractivity contribution in [1.82, 2.24) is 0 Å². The summed E-state index contributed by atoms with van der Waals surface area (Å²) in [5.41, 5.74) is 0.237. The third-order valence-corrected chi connectivity index (χ3v) is 1.94. The van der Waals surface area contributed by atoms with Crippen LogP contribution in [0.3, 0.4) is 0 Å². The van der Waals surface area contributed by atoms with Gasteiger partial charge in [-0.3, -0.25) is 0 Å². The molecule has 0 saturated heterocycles. The number of hydrogen-bond acceptors (Lipinski definition) is 1. The molecule has 0 aliphatic heterocycles. The minimum absolute atomic E-state index is 0. The van der Waals surface area contributed by atoms with Crippen LogP contribution in [0.5, 0.6) is 5.75 Å². The Hall–Kier alpha value is 0.471. The van der Waals surface area contributed by atoms with Crippen molar-refractivity contribution in [3.63, 3.8) is 0 Å². The summed E-state index contributed by atoms with van der Waals surface area (Å²) < 4.78 is 54.8. The van der Waals surface area contributed by atoms with E-state index < -0.39 is 24.0 Å². The van der Waals surface area contributed by atoms with E-state index in [9.17, 15) is 17.3 Å². The first kappa shape index (κ1) is 17.5. The SMILES string of the molecule is Fc1ccc([B-](F)(F)F)cc1OC/C=C/Cl.[K+]. The summed E-state index contributed by atoms with van der Waals surface area (Å²) in [6, 6.07) is 2.04.